The first kappa shape index (κ1) is 14.7. The number of nitrogens with two attached hydrogens (primary N) is 2. The lowest BCUT2D eigenvalue weighted by Crippen LogP contribution is -2.33. The highest BCUT2D eigenvalue weighted by atomic mass is 32.2. The van der Waals surface area contributed by atoms with Crippen molar-refractivity contribution in [3.63, 3.8) is 0 Å². The number of esters is 1. The summed E-state index contributed by atoms with van der Waals surface area (Å²) in [6.45, 7) is 0. The van der Waals surface area contributed by atoms with Crippen LogP contribution in [-0.2, 0) is 15.3 Å². The molecule has 1 rings (SSSR count). The zero-order chi connectivity index (χ0) is 13.5. The van der Waals surface area contributed by atoms with Gasteiger partial charge in [-0.15, -0.1) is 11.3 Å². The zero-order valence-electron chi connectivity index (χ0n) is 9.80. The van der Waals surface area contributed by atoms with Crippen LogP contribution in [0.2, 0.25) is 0 Å². The molecule has 0 radical (unpaired) electrons. The number of nitrogens with zero attached hydrogens (tertiary/aromatic N) is 1. The Hall–Kier alpha value is -1.32. The summed E-state index contributed by atoms with van der Waals surface area (Å²) in [5, 5.41) is 12.1. The number of thioether (sulfide) groups is 1. The van der Waals surface area contributed by atoms with Gasteiger partial charge in [0.1, 0.15) is 6.04 Å². The molecule has 1 aromatic heterocycles. The first-order valence-electron chi connectivity index (χ1n) is 4.99. The van der Waals surface area contributed by atoms with Crippen LogP contribution in [-0.4, -0.2) is 35.8 Å². The van der Waals surface area contributed by atoms with E-state index in [9.17, 15) is 4.79 Å². The second-order valence-electron chi connectivity index (χ2n) is 3.33. The fraction of sp³-hybridized carbons (Fsp3) is 0.444. The quantitative estimate of drug-likeness (QED) is 0.334. The molecule has 100 valence electrons. The van der Waals surface area contributed by atoms with E-state index >= 15 is 0 Å². The Morgan fingerprint density at radius 1 is 1.78 bits per heavy atom. The van der Waals surface area contributed by atoms with Crippen LogP contribution in [0.3, 0.4) is 0 Å². The van der Waals surface area contributed by atoms with Crippen LogP contribution in [0.25, 0.3) is 0 Å². The van der Waals surface area contributed by atoms with E-state index in [4.69, 9.17) is 16.9 Å². The lowest BCUT2D eigenvalue weighted by Gasteiger charge is -2.07. The van der Waals surface area contributed by atoms with Gasteiger partial charge in [-0.3, -0.25) is 10.2 Å². The summed E-state index contributed by atoms with van der Waals surface area (Å²) in [4.78, 5) is 15.3. The van der Waals surface area contributed by atoms with Crippen LogP contribution in [0, 0.1) is 5.41 Å². The van der Waals surface area contributed by atoms with Crippen molar-refractivity contribution < 1.29 is 9.53 Å². The van der Waals surface area contributed by atoms with Crippen LogP contribution in [0.5, 0.6) is 0 Å². The molecule has 18 heavy (non-hydrogen) atoms. The molecule has 0 saturated heterocycles. The average Bonchev–Trinajstić information content (AvgIpc) is 2.74. The number of ether oxygens (including phenoxy) is 1. The number of nitrogens with one attached hydrogen (secondary N) is 2. The molecule has 0 saturated carbocycles. The number of aromatic nitrogens is 1. The summed E-state index contributed by atoms with van der Waals surface area (Å²) in [7, 11) is 1.31. The lowest BCUT2D eigenvalue weighted by molar-refractivity contribution is -0.141. The molecule has 0 aliphatic rings. The number of carbonyl (C=O) groups is 1. The van der Waals surface area contributed by atoms with Crippen LogP contribution >= 0.6 is 23.1 Å². The minimum atomic E-state index is -0.617. The van der Waals surface area contributed by atoms with Crippen LogP contribution < -0.4 is 16.8 Å². The van der Waals surface area contributed by atoms with Crippen molar-refractivity contribution in [2.24, 2.45) is 11.5 Å². The van der Waals surface area contributed by atoms with Crippen LogP contribution in [0.15, 0.2) is 5.38 Å². The maximum Gasteiger partial charge on any atom is 0.323 e. The number of rotatable bonds is 6. The van der Waals surface area contributed by atoms with Crippen LogP contribution in [0.1, 0.15) is 5.69 Å². The third-order valence-electron chi connectivity index (χ3n) is 1.84. The van der Waals surface area contributed by atoms with E-state index in [0.717, 1.165) is 5.69 Å². The summed E-state index contributed by atoms with van der Waals surface area (Å²) in [5.74, 6) is 0.552. The Balaban J connectivity index is 2.33. The van der Waals surface area contributed by atoms with Gasteiger partial charge in [0.15, 0.2) is 11.1 Å². The van der Waals surface area contributed by atoms with E-state index in [-0.39, 0.29) is 5.96 Å². The van der Waals surface area contributed by atoms with Crippen molar-refractivity contribution in [3.05, 3.63) is 11.1 Å². The molecule has 6 N–H and O–H groups in total. The molecule has 0 spiro atoms. The monoisotopic (exact) mass is 289 g/mol. The first-order chi connectivity index (χ1) is 8.52. The molecule has 0 bridgehead atoms. The molecule has 0 aromatic carbocycles. The fourth-order valence-electron chi connectivity index (χ4n) is 1.06. The van der Waals surface area contributed by atoms with Crippen molar-refractivity contribution >= 4 is 40.2 Å². The molecule has 0 fully saturated rings. The third kappa shape index (κ3) is 4.90. The molecule has 0 amide bonds. The molecular weight excluding hydrogens is 274 g/mol. The number of carbonyl (C=O) groups excluding carboxylic acids is 1. The van der Waals surface area contributed by atoms with Crippen LogP contribution in [0.4, 0.5) is 5.13 Å². The van der Waals surface area contributed by atoms with Crippen molar-refractivity contribution in [1.29, 1.82) is 5.41 Å². The molecule has 1 aromatic rings. The van der Waals surface area contributed by atoms with Gasteiger partial charge in [0.25, 0.3) is 0 Å². The largest absolute Gasteiger partial charge is 0.468 e. The average molecular weight is 289 g/mol. The summed E-state index contributed by atoms with van der Waals surface area (Å²) in [6, 6.07) is -0.617. The Labute approximate surface area is 113 Å². The third-order valence-corrected chi connectivity index (χ3v) is 3.75. The summed E-state index contributed by atoms with van der Waals surface area (Å²) >= 11 is 2.86. The lowest BCUT2D eigenvalue weighted by atomic mass is 10.4. The van der Waals surface area contributed by atoms with Gasteiger partial charge in [-0.2, -0.15) is 11.8 Å². The van der Waals surface area contributed by atoms with Gasteiger partial charge in [0, 0.05) is 16.9 Å². The van der Waals surface area contributed by atoms with Crippen molar-refractivity contribution in [3.8, 4) is 0 Å². The number of anilines is 1. The number of hydrogen-bond acceptors (Lipinski definition) is 7. The van der Waals surface area contributed by atoms with Gasteiger partial charge in [-0.05, 0) is 0 Å². The summed E-state index contributed by atoms with van der Waals surface area (Å²) in [6.07, 6.45) is 0. The SMILES string of the molecule is COC(=O)[C@@H](N)CSCc1csc(NC(=N)N)n1. The second-order valence-corrected chi connectivity index (χ2v) is 5.22. The normalized spacial score (nSPS) is 11.9. The van der Waals surface area contributed by atoms with Crippen molar-refractivity contribution in [2.75, 3.05) is 18.2 Å². The van der Waals surface area contributed by atoms with Gasteiger partial charge in [0.2, 0.25) is 0 Å². The number of methoxy groups -OCH3 is 1. The highest BCUT2D eigenvalue weighted by Crippen LogP contribution is 2.19. The molecular formula is C9H15N5O2S2. The Kier molecular flexibility index (Phi) is 5.89. The zero-order valence-corrected chi connectivity index (χ0v) is 11.4. The van der Waals surface area contributed by atoms with E-state index < -0.39 is 12.0 Å². The van der Waals surface area contributed by atoms with Gasteiger partial charge < -0.3 is 21.5 Å². The van der Waals surface area contributed by atoms with E-state index in [1.807, 2.05) is 5.38 Å². The highest BCUT2D eigenvalue weighted by Gasteiger charge is 2.13. The molecule has 7 nitrogen and oxygen atoms in total. The van der Waals surface area contributed by atoms with E-state index in [0.29, 0.717) is 16.6 Å². The molecule has 9 heteroatoms. The standard InChI is InChI=1S/C9H15N5O2S2/c1-16-7(15)6(10)4-17-2-5-3-18-9(13-5)14-8(11)12/h3,6H,2,4,10H2,1H3,(H4,11,12,13,14)/t6-/m0/s1. The fourth-order valence-corrected chi connectivity index (χ4v) is 2.75. The molecule has 1 heterocycles. The predicted octanol–water partition coefficient (Wildman–Crippen LogP) is 0.182. The van der Waals surface area contributed by atoms with Gasteiger partial charge in [0.05, 0.1) is 12.8 Å². The Morgan fingerprint density at radius 2 is 2.50 bits per heavy atom. The maximum absolute atomic E-state index is 11.1. The van der Waals surface area contributed by atoms with Crippen molar-refractivity contribution in [2.45, 2.75) is 11.8 Å². The Morgan fingerprint density at radius 3 is 3.11 bits per heavy atom. The summed E-state index contributed by atoms with van der Waals surface area (Å²) in [5.41, 5.74) is 11.6. The molecule has 0 unspecified atom stereocenters. The van der Waals surface area contributed by atoms with E-state index in [1.54, 1.807) is 0 Å². The van der Waals surface area contributed by atoms with Gasteiger partial charge in [-0.1, -0.05) is 0 Å². The minimum absolute atomic E-state index is 0.142. The first-order valence-corrected chi connectivity index (χ1v) is 7.03. The van der Waals surface area contributed by atoms with E-state index in [1.165, 1.54) is 30.2 Å². The smallest absolute Gasteiger partial charge is 0.323 e. The molecule has 0 aliphatic carbocycles. The molecule has 1 atom stereocenters. The number of thiazole rings is 1. The number of hydrogen-bond donors (Lipinski definition) is 4. The predicted molar refractivity (Wildman–Crippen MR) is 73.8 cm³/mol. The van der Waals surface area contributed by atoms with Crippen molar-refractivity contribution in [1.82, 2.24) is 4.98 Å². The number of guanidine groups is 1. The van der Waals surface area contributed by atoms with E-state index in [2.05, 4.69) is 15.0 Å². The van der Waals surface area contributed by atoms with Gasteiger partial charge in [-0.25, -0.2) is 4.98 Å². The maximum atomic E-state index is 11.1. The highest BCUT2D eigenvalue weighted by molar-refractivity contribution is 7.98. The molecule has 0 aliphatic heterocycles. The Bertz CT molecular complexity index is 423. The minimum Gasteiger partial charge on any atom is -0.468 e. The van der Waals surface area contributed by atoms with Gasteiger partial charge >= 0.3 is 5.97 Å². The summed E-state index contributed by atoms with van der Waals surface area (Å²) < 4.78 is 4.52. The topological polar surface area (TPSA) is 127 Å². The second kappa shape index (κ2) is 7.19.